The van der Waals surface area contributed by atoms with Crippen LogP contribution in [0.1, 0.15) is 44.2 Å². The minimum Gasteiger partial charge on any atom is -0.454 e. The van der Waals surface area contributed by atoms with Crippen molar-refractivity contribution in [2.24, 2.45) is 11.3 Å². The number of ether oxygens (including phenoxy) is 3. The first-order chi connectivity index (χ1) is 14.1. The minimum absolute atomic E-state index is 0.302. The molecule has 0 aliphatic carbocycles. The molecule has 29 heavy (non-hydrogen) atoms. The molecule has 4 heteroatoms. The summed E-state index contributed by atoms with van der Waals surface area (Å²) in [5.74, 6) is 2.26. The molecule has 0 saturated carbocycles. The van der Waals surface area contributed by atoms with E-state index in [1.807, 2.05) is 6.07 Å². The highest BCUT2D eigenvalue weighted by atomic mass is 16.7. The van der Waals surface area contributed by atoms with Crippen LogP contribution in [0.5, 0.6) is 11.5 Å². The van der Waals surface area contributed by atoms with E-state index in [-0.39, 0.29) is 0 Å². The highest BCUT2D eigenvalue weighted by Gasteiger charge is 2.37. The number of fused-ring (bicyclic) bond motifs is 1. The van der Waals surface area contributed by atoms with Gasteiger partial charge in [0.25, 0.3) is 0 Å². The fraction of sp³-hybridized carbons (Fsp3) is 0.520. The molecule has 0 radical (unpaired) electrons. The third kappa shape index (κ3) is 5.12. The quantitative estimate of drug-likeness (QED) is 0.642. The lowest BCUT2D eigenvalue weighted by atomic mass is 9.69. The third-order valence-electron chi connectivity index (χ3n) is 6.36. The Labute approximate surface area is 174 Å². The summed E-state index contributed by atoms with van der Waals surface area (Å²) in [4.78, 5) is 0. The number of hydrogen-bond acceptors (Lipinski definition) is 4. The number of benzene rings is 2. The van der Waals surface area contributed by atoms with Gasteiger partial charge in [0.15, 0.2) is 11.5 Å². The first-order valence-corrected chi connectivity index (χ1v) is 10.9. The Morgan fingerprint density at radius 1 is 1.03 bits per heavy atom. The van der Waals surface area contributed by atoms with Gasteiger partial charge in [-0.25, -0.2) is 0 Å². The summed E-state index contributed by atoms with van der Waals surface area (Å²) >= 11 is 0. The molecule has 1 saturated heterocycles. The number of nitrogens with one attached hydrogen (secondary N) is 1. The van der Waals surface area contributed by atoms with Crippen LogP contribution in [0.3, 0.4) is 0 Å². The van der Waals surface area contributed by atoms with Crippen LogP contribution in [0.4, 0.5) is 0 Å². The van der Waals surface area contributed by atoms with Crippen LogP contribution in [0.25, 0.3) is 0 Å². The number of rotatable bonds is 8. The summed E-state index contributed by atoms with van der Waals surface area (Å²) in [6, 6.07) is 17.1. The van der Waals surface area contributed by atoms with E-state index in [1.54, 1.807) is 0 Å². The SMILES string of the molecule is CC(C)[C@H]1C[C@@](CCNCc2ccc3c(c2)OCO3)(Cc2ccccc2)CCO1. The molecule has 0 aromatic heterocycles. The molecule has 0 bridgehead atoms. The molecule has 1 N–H and O–H groups in total. The van der Waals surface area contributed by atoms with E-state index >= 15 is 0 Å². The van der Waals surface area contributed by atoms with Gasteiger partial charge in [0.1, 0.15) is 0 Å². The molecule has 2 aromatic rings. The van der Waals surface area contributed by atoms with E-state index in [2.05, 4.69) is 61.6 Å². The van der Waals surface area contributed by atoms with Gasteiger partial charge in [-0.3, -0.25) is 0 Å². The van der Waals surface area contributed by atoms with Crippen LogP contribution in [-0.2, 0) is 17.7 Å². The first kappa shape index (κ1) is 20.2. The summed E-state index contributed by atoms with van der Waals surface area (Å²) in [6.07, 6.45) is 4.94. The van der Waals surface area contributed by atoms with Crippen molar-refractivity contribution in [2.75, 3.05) is 19.9 Å². The molecule has 0 amide bonds. The molecule has 4 rings (SSSR count). The van der Waals surface area contributed by atoms with Gasteiger partial charge in [0.2, 0.25) is 6.79 Å². The largest absolute Gasteiger partial charge is 0.454 e. The van der Waals surface area contributed by atoms with E-state index in [0.29, 0.717) is 24.2 Å². The second-order valence-electron chi connectivity index (χ2n) is 8.88. The molecule has 0 unspecified atom stereocenters. The second-order valence-corrected chi connectivity index (χ2v) is 8.88. The van der Waals surface area contributed by atoms with Crippen molar-refractivity contribution >= 4 is 0 Å². The minimum atomic E-state index is 0.302. The summed E-state index contributed by atoms with van der Waals surface area (Å²) in [6.45, 7) is 7.61. The van der Waals surface area contributed by atoms with E-state index in [1.165, 1.54) is 17.5 Å². The van der Waals surface area contributed by atoms with Crippen molar-refractivity contribution in [3.63, 3.8) is 0 Å². The molecule has 2 aromatic carbocycles. The molecule has 156 valence electrons. The standard InChI is InChI=1S/C25H33NO3/c1-19(2)24-16-25(11-13-27-24,15-20-6-4-3-5-7-20)10-12-26-17-21-8-9-22-23(14-21)29-18-28-22/h3-9,14,19,24,26H,10-13,15-18H2,1-2H3/t24-,25-/m1/s1. The van der Waals surface area contributed by atoms with E-state index in [4.69, 9.17) is 14.2 Å². The van der Waals surface area contributed by atoms with Gasteiger partial charge < -0.3 is 19.5 Å². The van der Waals surface area contributed by atoms with E-state index in [9.17, 15) is 0 Å². The highest BCUT2D eigenvalue weighted by Crippen LogP contribution is 2.41. The molecule has 1 fully saturated rings. The Balaban J connectivity index is 1.37. The average molecular weight is 396 g/mol. The summed E-state index contributed by atoms with van der Waals surface area (Å²) in [5, 5.41) is 3.66. The van der Waals surface area contributed by atoms with Gasteiger partial charge in [-0.2, -0.15) is 0 Å². The molecular weight excluding hydrogens is 362 g/mol. The van der Waals surface area contributed by atoms with Gasteiger partial charge in [0, 0.05) is 13.2 Å². The first-order valence-electron chi connectivity index (χ1n) is 10.9. The number of hydrogen-bond donors (Lipinski definition) is 1. The second kappa shape index (κ2) is 9.19. The molecule has 4 nitrogen and oxygen atoms in total. The molecule has 2 heterocycles. The maximum Gasteiger partial charge on any atom is 0.231 e. The predicted octanol–water partition coefficient (Wildman–Crippen LogP) is 4.96. The van der Waals surface area contributed by atoms with Crippen LogP contribution in [-0.4, -0.2) is 26.0 Å². The monoisotopic (exact) mass is 395 g/mol. The van der Waals surface area contributed by atoms with Crippen molar-refractivity contribution in [3.8, 4) is 11.5 Å². The molecular formula is C25H33NO3. The Kier molecular flexibility index (Phi) is 6.41. The maximum atomic E-state index is 6.10. The zero-order valence-corrected chi connectivity index (χ0v) is 17.7. The van der Waals surface area contributed by atoms with Crippen molar-refractivity contribution < 1.29 is 14.2 Å². The Hall–Kier alpha value is -2.04. The fourth-order valence-electron chi connectivity index (χ4n) is 4.58. The summed E-state index contributed by atoms with van der Waals surface area (Å²) in [5.41, 5.74) is 2.97. The van der Waals surface area contributed by atoms with Gasteiger partial charge in [0.05, 0.1) is 6.10 Å². The van der Waals surface area contributed by atoms with Crippen molar-refractivity contribution in [2.45, 2.75) is 52.2 Å². The summed E-state index contributed by atoms with van der Waals surface area (Å²) < 4.78 is 17.0. The normalized spacial score (nSPS) is 23.5. The van der Waals surface area contributed by atoms with E-state index < -0.39 is 0 Å². The maximum absolute atomic E-state index is 6.10. The molecule has 0 spiro atoms. The van der Waals surface area contributed by atoms with Crippen molar-refractivity contribution in [1.29, 1.82) is 0 Å². The zero-order valence-electron chi connectivity index (χ0n) is 17.7. The lowest BCUT2D eigenvalue weighted by molar-refractivity contribution is -0.0720. The Morgan fingerprint density at radius 2 is 1.86 bits per heavy atom. The van der Waals surface area contributed by atoms with Crippen LogP contribution in [0.15, 0.2) is 48.5 Å². The van der Waals surface area contributed by atoms with Crippen molar-refractivity contribution in [1.82, 2.24) is 5.32 Å². The lowest BCUT2D eigenvalue weighted by Gasteiger charge is -2.43. The van der Waals surface area contributed by atoms with Gasteiger partial charge in [-0.05, 0) is 66.8 Å². The lowest BCUT2D eigenvalue weighted by Crippen LogP contribution is -2.41. The third-order valence-corrected chi connectivity index (χ3v) is 6.36. The van der Waals surface area contributed by atoms with E-state index in [0.717, 1.165) is 50.5 Å². The van der Waals surface area contributed by atoms with Crippen LogP contribution >= 0.6 is 0 Å². The Bertz CT molecular complexity index is 792. The van der Waals surface area contributed by atoms with Crippen LogP contribution < -0.4 is 14.8 Å². The predicted molar refractivity (Wildman–Crippen MR) is 115 cm³/mol. The van der Waals surface area contributed by atoms with Crippen LogP contribution in [0.2, 0.25) is 0 Å². The highest BCUT2D eigenvalue weighted by molar-refractivity contribution is 5.44. The topological polar surface area (TPSA) is 39.7 Å². The van der Waals surface area contributed by atoms with Gasteiger partial charge in [-0.1, -0.05) is 50.2 Å². The smallest absolute Gasteiger partial charge is 0.231 e. The van der Waals surface area contributed by atoms with Gasteiger partial charge >= 0.3 is 0 Å². The summed E-state index contributed by atoms with van der Waals surface area (Å²) in [7, 11) is 0. The zero-order chi connectivity index (χ0) is 20.1. The fourth-order valence-corrected chi connectivity index (χ4v) is 4.58. The molecule has 2 aliphatic heterocycles. The van der Waals surface area contributed by atoms with Gasteiger partial charge in [-0.15, -0.1) is 0 Å². The molecule has 2 atom stereocenters. The van der Waals surface area contributed by atoms with Crippen LogP contribution in [0, 0.1) is 11.3 Å². The van der Waals surface area contributed by atoms with Crippen molar-refractivity contribution in [3.05, 3.63) is 59.7 Å². The Morgan fingerprint density at radius 3 is 2.69 bits per heavy atom. The average Bonchev–Trinajstić information content (AvgIpc) is 3.20. The molecule has 2 aliphatic rings.